The summed E-state index contributed by atoms with van der Waals surface area (Å²) in [7, 11) is 0. The maximum Gasteiger partial charge on any atom is 0.272 e. The van der Waals surface area contributed by atoms with Gasteiger partial charge >= 0.3 is 0 Å². The fourth-order valence-corrected chi connectivity index (χ4v) is 3.23. The normalized spacial score (nSPS) is 10.3. The SMILES string of the molecule is CCN(C#CSOON)c1ccc(N=Nc2c(Br)cc([N+](=O)[O-])cc2C#N)c(NC(C)=O)c1. The number of rotatable bonds is 8. The standard InChI is InChI=1S/C19H16BrN7O5S/c1-3-26(6-7-33-32-31-22)14-4-5-17(18(10-14)23-12(2)28)24-25-19-13(11-21)8-15(27(29)30)9-16(19)20/h4-5,8-10H,3,22H2,1-2H3,(H,23,28). The Morgan fingerprint density at radius 2 is 2.15 bits per heavy atom. The Bertz CT molecular complexity index is 1190. The van der Waals surface area contributed by atoms with E-state index in [0.717, 1.165) is 6.07 Å². The van der Waals surface area contributed by atoms with E-state index in [9.17, 15) is 20.2 Å². The Balaban J connectivity index is 2.45. The molecule has 2 aromatic carbocycles. The van der Waals surface area contributed by atoms with Crippen LogP contribution in [0.2, 0.25) is 0 Å². The van der Waals surface area contributed by atoms with Crippen molar-refractivity contribution in [2.75, 3.05) is 16.8 Å². The van der Waals surface area contributed by atoms with E-state index in [4.69, 9.17) is 5.90 Å². The van der Waals surface area contributed by atoms with Crippen LogP contribution in [0.15, 0.2) is 45.0 Å². The molecule has 2 aromatic rings. The first-order chi connectivity index (χ1) is 15.8. The quantitative estimate of drug-likeness (QED) is 0.0705. The fraction of sp³-hybridized carbons (Fsp3) is 0.158. The molecule has 0 heterocycles. The second-order valence-electron chi connectivity index (χ2n) is 5.98. The average Bonchev–Trinajstić information content (AvgIpc) is 2.78. The maximum absolute atomic E-state index is 11.7. The molecule has 2 rings (SSSR count). The predicted molar refractivity (Wildman–Crippen MR) is 125 cm³/mol. The van der Waals surface area contributed by atoms with Crippen molar-refractivity contribution < 1.29 is 19.0 Å². The summed E-state index contributed by atoms with van der Waals surface area (Å²) >= 11 is 3.88. The number of non-ortho nitro benzene ring substituents is 1. The van der Waals surface area contributed by atoms with Gasteiger partial charge < -0.3 is 10.2 Å². The summed E-state index contributed by atoms with van der Waals surface area (Å²) in [6, 6.07) is 12.0. The lowest BCUT2D eigenvalue weighted by Gasteiger charge is -2.17. The number of hydrogen-bond donors (Lipinski definition) is 2. The summed E-state index contributed by atoms with van der Waals surface area (Å²) in [5, 5.41) is 33.9. The second-order valence-corrected chi connectivity index (χ2v) is 7.34. The van der Waals surface area contributed by atoms with Gasteiger partial charge in [-0.1, -0.05) is 0 Å². The number of hydrogen-bond acceptors (Lipinski definition) is 11. The third-order valence-electron chi connectivity index (χ3n) is 3.85. The molecule has 0 unspecified atom stereocenters. The van der Waals surface area contributed by atoms with Gasteiger partial charge in [-0.15, -0.1) is 19.6 Å². The van der Waals surface area contributed by atoms with Crippen molar-refractivity contribution >= 4 is 62.3 Å². The fourth-order valence-electron chi connectivity index (χ4n) is 2.49. The monoisotopic (exact) mass is 533 g/mol. The molecule has 0 aliphatic rings. The van der Waals surface area contributed by atoms with Gasteiger partial charge in [0, 0.05) is 36.9 Å². The Hall–Kier alpha value is -3.53. The van der Waals surface area contributed by atoms with Crippen LogP contribution in [-0.2, 0) is 14.1 Å². The van der Waals surface area contributed by atoms with Gasteiger partial charge in [0.25, 0.3) is 5.69 Å². The highest BCUT2D eigenvalue weighted by molar-refractivity contribution is 9.10. The number of amides is 1. The van der Waals surface area contributed by atoms with Crippen LogP contribution in [0, 0.1) is 32.7 Å². The van der Waals surface area contributed by atoms with Crippen LogP contribution in [0.4, 0.5) is 28.4 Å². The molecule has 0 spiro atoms. The molecule has 0 aliphatic heterocycles. The lowest BCUT2D eigenvalue weighted by molar-refractivity contribution is -0.384. The third kappa shape index (κ3) is 7.25. The molecule has 0 saturated carbocycles. The number of nitrogens with two attached hydrogens (primary N) is 1. The van der Waals surface area contributed by atoms with Crippen LogP contribution in [0.5, 0.6) is 0 Å². The van der Waals surface area contributed by atoms with E-state index in [1.807, 2.05) is 13.0 Å². The highest BCUT2D eigenvalue weighted by atomic mass is 79.9. The number of nitro benzene ring substituents is 1. The van der Waals surface area contributed by atoms with Gasteiger partial charge in [-0.3, -0.25) is 14.9 Å². The van der Waals surface area contributed by atoms with E-state index >= 15 is 0 Å². The van der Waals surface area contributed by atoms with E-state index in [2.05, 4.69) is 52.1 Å². The van der Waals surface area contributed by atoms with Gasteiger partial charge in [0.05, 0.1) is 26.3 Å². The molecular formula is C19H16BrN7O5S. The van der Waals surface area contributed by atoms with Crippen molar-refractivity contribution in [3.05, 3.63) is 50.5 Å². The van der Waals surface area contributed by atoms with Gasteiger partial charge in [0.15, 0.2) is 0 Å². The molecule has 0 atom stereocenters. The van der Waals surface area contributed by atoms with Crippen LogP contribution < -0.4 is 16.1 Å². The Labute approximate surface area is 201 Å². The summed E-state index contributed by atoms with van der Waals surface area (Å²) < 4.78 is 4.65. The van der Waals surface area contributed by atoms with Crippen molar-refractivity contribution in [2.45, 2.75) is 13.8 Å². The molecule has 0 aromatic heterocycles. The molecule has 0 saturated heterocycles. The molecule has 33 heavy (non-hydrogen) atoms. The Morgan fingerprint density at radius 1 is 1.39 bits per heavy atom. The summed E-state index contributed by atoms with van der Waals surface area (Å²) in [5.74, 6) is 4.42. The highest BCUT2D eigenvalue weighted by Crippen LogP contribution is 2.36. The van der Waals surface area contributed by atoms with Crippen LogP contribution in [0.3, 0.4) is 0 Å². The zero-order valence-electron chi connectivity index (χ0n) is 17.2. The van der Waals surface area contributed by atoms with Gasteiger partial charge in [-0.05, 0) is 41.1 Å². The van der Waals surface area contributed by atoms with E-state index in [1.165, 1.54) is 13.0 Å². The second kappa shape index (κ2) is 12.5. The van der Waals surface area contributed by atoms with Crippen LogP contribution >= 0.6 is 28.0 Å². The van der Waals surface area contributed by atoms with Gasteiger partial charge in [0.2, 0.25) is 5.91 Å². The molecule has 0 bridgehead atoms. The van der Waals surface area contributed by atoms with Crippen molar-refractivity contribution in [1.29, 1.82) is 5.26 Å². The molecular weight excluding hydrogens is 518 g/mol. The van der Waals surface area contributed by atoms with Gasteiger partial charge in [0.1, 0.15) is 29.5 Å². The van der Waals surface area contributed by atoms with E-state index in [1.54, 1.807) is 23.1 Å². The van der Waals surface area contributed by atoms with Crippen LogP contribution in [-0.4, -0.2) is 17.4 Å². The van der Waals surface area contributed by atoms with E-state index < -0.39 is 4.92 Å². The summed E-state index contributed by atoms with van der Waals surface area (Å²) in [6.07, 6.45) is 0. The number of carbonyl (C=O) groups excluding carboxylic acids is 1. The number of benzene rings is 2. The highest BCUT2D eigenvalue weighted by Gasteiger charge is 2.16. The van der Waals surface area contributed by atoms with Crippen molar-refractivity contribution in [3.8, 4) is 17.4 Å². The number of nitro groups is 1. The third-order valence-corrected chi connectivity index (χ3v) is 4.78. The molecule has 0 fully saturated rings. The van der Waals surface area contributed by atoms with Crippen LogP contribution in [0.1, 0.15) is 19.4 Å². The smallest absolute Gasteiger partial charge is 0.272 e. The first-order valence-corrected chi connectivity index (χ1v) is 10.5. The molecule has 14 heteroatoms. The van der Waals surface area contributed by atoms with E-state index in [0.29, 0.717) is 35.6 Å². The number of carbonyl (C=O) groups is 1. The van der Waals surface area contributed by atoms with Gasteiger partial charge in [-0.25, -0.2) is 0 Å². The first kappa shape index (κ1) is 25.7. The Morgan fingerprint density at radius 3 is 2.76 bits per heavy atom. The zero-order chi connectivity index (χ0) is 24.4. The van der Waals surface area contributed by atoms with Crippen LogP contribution in [0.25, 0.3) is 0 Å². The largest absolute Gasteiger partial charge is 0.324 e. The topological polar surface area (TPSA) is 168 Å². The van der Waals surface area contributed by atoms with Gasteiger partial charge in [-0.2, -0.15) is 11.2 Å². The van der Waals surface area contributed by atoms with E-state index in [-0.39, 0.29) is 27.3 Å². The van der Waals surface area contributed by atoms with Crippen molar-refractivity contribution in [1.82, 2.24) is 0 Å². The molecule has 3 N–H and O–H groups in total. The number of nitrogens with zero attached hydrogens (tertiary/aromatic N) is 5. The predicted octanol–water partition coefficient (Wildman–Crippen LogP) is 4.82. The lowest BCUT2D eigenvalue weighted by atomic mass is 10.2. The summed E-state index contributed by atoms with van der Waals surface area (Å²) in [6.45, 7) is 3.73. The summed E-state index contributed by atoms with van der Waals surface area (Å²) in [4.78, 5) is 27.8. The minimum Gasteiger partial charge on any atom is -0.324 e. The van der Waals surface area contributed by atoms with Crippen molar-refractivity contribution in [2.24, 2.45) is 16.1 Å². The lowest BCUT2D eigenvalue weighted by Crippen LogP contribution is -2.16. The first-order valence-electron chi connectivity index (χ1n) is 8.99. The van der Waals surface area contributed by atoms with Crippen molar-refractivity contribution in [3.63, 3.8) is 0 Å². The number of nitriles is 1. The molecule has 12 nitrogen and oxygen atoms in total. The minimum absolute atomic E-state index is 0.0360. The molecule has 0 radical (unpaired) electrons. The number of halogens is 1. The minimum atomic E-state index is -0.615. The maximum atomic E-state index is 11.7. The molecule has 0 aliphatic carbocycles. The average molecular weight is 534 g/mol. The molecule has 1 amide bonds. The Kier molecular flexibility index (Phi) is 9.74. The number of azo groups is 1. The number of nitrogens with one attached hydrogen (secondary N) is 1. The number of anilines is 2. The molecule has 170 valence electrons. The summed E-state index contributed by atoms with van der Waals surface area (Å²) in [5.41, 5.74) is 1.10. The zero-order valence-corrected chi connectivity index (χ0v) is 19.6.